The number of likely N-dealkylation sites (tertiary alicyclic amines) is 1. The van der Waals surface area contributed by atoms with Gasteiger partial charge < -0.3 is 26.0 Å². The standard InChI is InChI=1S/C32H42N6O7S/c39-28(34-24-17-20-37(21-24)29(40)12-4-8-23-14-13-22-7-5-18-33-30(22)35-23)16-15-26(32(42)43)36-31(41)27-11-6-19-38(27)46(44,45)25-9-2-1-3-10-25/h1-3,9-10,13-14,24,26-27H,4-8,11-12,15-21H2,(H,33,35)(H,34,39)(H,36,41)(H,42,43)/t24-,26-,27-/m0/s1. The molecule has 3 aliphatic heterocycles. The fourth-order valence-electron chi connectivity index (χ4n) is 6.31. The van der Waals surface area contributed by atoms with Crippen LogP contribution >= 0.6 is 0 Å². The highest BCUT2D eigenvalue weighted by molar-refractivity contribution is 7.89. The Hall–Kier alpha value is -4.04. The zero-order valence-corrected chi connectivity index (χ0v) is 26.6. The van der Waals surface area contributed by atoms with E-state index in [1.54, 1.807) is 23.1 Å². The van der Waals surface area contributed by atoms with Gasteiger partial charge in [0.15, 0.2) is 0 Å². The summed E-state index contributed by atoms with van der Waals surface area (Å²) in [5.74, 6) is -1.41. The Morgan fingerprint density at radius 3 is 2.61 bits per heavy atom. The van der Waals surface area contributed by atoms with Crippen molar-refractivity contribution >= 4 is 39.5 Å². The fraction of sp³-hybridized carbons (Fsp3) is 0.531. The third-order valence-corrected chi connectivity index (χ3v) is 10.7. The van der Waals surface area contributed by atoms with Crippen LogP contribution in [0.5, 0.6) is 0 Å². The maximum Gasteiger partial charge on any atom is 0.326 e. The number of hydrogen-bond donors (Lipinski definition) is 4. The molecular weight excluding hydrogens is 612 g/mol. The first-order valence-electron chi connectivity index (χ1n) is 16.0. The molecule has 2 saturated heterocycles. The zero-order chi connectivity index (χ0) is 32.7. The van der Waals surface area contributed by atoms with Crippen LogP contribution < -0.4 is 16.0 Å². The number of benzene rings is 1. The predicted molar refractivity (Wildman–Crippen MR) is 169 cm³/mol. The number of carbonyl (C=O) groups is 4. The summed E-state index contributed by atoms with van der Waals surface area (Å²) in [6, 6.07) is 9.29. The van der Waals surface area contributed by atoms with Crippen LogP contribution in [0.3, 0.4) is 0 Å². The molecule has 46 heavy (non-hydrogen) atoms. The molecule has 248 valence electrons. The van der Waals surface area contributed by atoms with Gasteiger partial charge in [-0.15, -0.1) is 0 Å². The average Bonchev–Trinajstić information content (AvgIpc) is 3.74. The van der Waals surface area contributed by atoms with Crippen molar-refractivity contribution in [2.24, 2.45) is 0 Å². The van der Waals surface area contributed by atoms with Crippen molar-refractivity contribution in [1.29, 1.82) is 0 Å². The molecule has 5 rings (SSSR count). The Morgan fingerprint density at radius 1 is 1.02 bits per heavy atom. The molecule has 0 unspecified atom stereocenters. The highest BCUT2D eigenvalue weighted by Crippen LogP contribution is 2.26. The minimum absolute atomic E-state index is 0.0247. The SMILES string of the molecule is O=C(CC[C@H](NC(=O)[C@@H]1CCCN1S(=O)(=O)c1ccccc1)C(=O)O)N[C@H]1CCN(C(=O)CCCc2ccc3c(n2)NCCC3)C1. The molecule has 0 radical (unpaired) electrons. The van der Waals surface area contributed by atoms with Crippen LogP contribution in [0, 0.1) is 0 Å². The van der Waals surface area contributed by atoms with Gasteiger partial charge in [-0.3, -0.25) is 14.4 Å². The number of hydrogen-bond acceptors (Lipinski definition) is 8. The van der Waals surface area contributed by atoms with Crippen LogP contribution in [0.25, 0.3) is 0 Å². The summed E-state index contributed by atoms with van der Waals surface area (Å²) in [4.78, 5) is 57.0. The molecule has 0 spiro atoms. The van der Waals surface area contributed by atoms with E-state index < -0.39 is 34.0 Å². The van der Waals surface area contributed by atoms with Gasteiger partial charge in [0.25, 0.3) is 0 Å². The molecule has 4 heterocycles. The number of nitrogens with zero attached hydrogens (tertiary/aromatic N) is 3. The molecular formula is C32H42N6O7S. The molecule has 1 aromatic heterocycles. The molecule has 2 aromatic rings. The second-order valence-electron chi connectivity index (χ2n) is 12.1. The number of aryl methyl sites for hydroxylation is 2. The Labute approximate surface area is 269 Å². The van der Waals surface area contributed by atoms with Gasteiger partial charge in [-0.2, -0.15) is 4.31 Å². The van der Waals surface area contributed by atoms with Gasteiger partial charge in [0.1, 0.15) is 17.9 Å². The van der Waals surface area contributed by atoms with Crippen molar-refractivity contribution in [1.82, 2.24) is 24.8 Å². The summed E-state index contributed by atoms with van der Waals surface area (Å²) in [6.07, 6.45) is 4.92. The number of anilines is 1. The minimum atomic E-state index is -3.93. The van der Waals surface area contributed by atoms with Crippen molar-refractivity contribution in [3.8, 4) is 0 Å². The molecule has 0 bridgehead atoms. The first-order valence-corrected chi connectivity index (χ1v) is 17.5. The molecule has 3 atom stereocenters. The molecule has 3 aliphatic rings. The van der Waals surface area contributed by atoms with E-state index in [0.717, 1.165) is 35.2 Å². The number of amides is 3. The Balaban J connectivity index is 1.04. The van der Waals surface area contributed by atoms with Gasteiger partial charge in [-0.1, -0.05) is 24.3 Å². The molecule has 2 fully saturated rings. The van der Waals surface area contributed by atoms with E-state index >= 15 is 0 Å². The van der Waals surface area contributed by atoms with Gasteiger partial charge in [-0.25, -0.2) is 18.2 Å². The van der Waals surface area contributed by atoms with E-state index in [1.165, 1.54) is 17.7 Å². The highest BCUT2D eigenvalue weighted by Gasteiger charge is 2.40. The number of fused-ring (bicyclic) bond motifs is 1. The lowest BCUT2D eigenvalue weighted by Crippen LogP contribution is -2.51. The fourth-order valence-corrected chi connectivity index (χ4v) is 7.99. The lowest BCUT2D eigenvalue weighted by atomic mass is 10.1. The van der Waals surface area contributed by atoms with E-state index in [-0.39, 0.29) is 48.6 Å². The van der Waals surface area contributed by atoms with Crippen molar-refractivity contribution in [2.75, 3.05) is 31.5 Å². The van der Waals surface area contributed by atoms with Crippen LogP contribution in [0.2, 0.25) is 0 Å². The molecule has 3 amide bonds. The smallest absolute Gasteiger partial charge is 0.326 e. The maximum atomic E-state index is 13.1. The van der Waals surface area contributed by atoms with E-state index in [0.29, 0.717) is 45.2 Å². The van der Waals surface area contributed by atoms with Crippen molar-refractivity contribution < 1.29 is 32.7 Å². The molecule has 13 nitrogen and oxygen atoms in total. The molecule has 14 heteroatoms. The predicted octanol–water partition coefficient (Wildman–Crippen LogP) is 1.68. The first-order chi connectivity index (χ1) is 22.1. The molecule has 1 aromatic carbocycles. The first kappa shape index (κ1) is 33.3. The van der Waals surface area contributed by atoms with Crippen molar-refractivity contribution in [3.63, 3.8) is 0 Å². The summed E-state index contributed by atoms with van der Waals surface area (Å²) in [6.45, 7) is 1.99. The van der Waals surface area contributed by atoms with Gasteiger partial charge in [0.2, 0.25) is 27.7 Å². The second-order valence-corrected chi connectivity index (χ2v) is 14.0. The van der Waals surface area contributed by atoms with E-state index in [4.69, 9.17) is 0 Å². The second kappa shape index (κ2) is 15.0. The van der Waals surface area contributed by atoms with Crippen molar-refractivity contribution in [2.45, 2.75) is 87.2 Å². The number of nitrogens with one attached hydrogen (secondary N) is 3. The minimum Gasteiger partial charge on any atom is -0.480 e. The Morgan fingerprint density at radius 2 is 1.83 bits per heavy atom. The zero-order valence-electron chi connectivity index (χ0n) is 25.8. The van der Waals surface area contributed by atoms with Gasteiger partial charge in [0, 0.05) is 50.8 Å². The number of sulfonamides is 1. The number of aliphatic carboxylic acids is 1. The van der Waals surface area contributed by atoms with Gasteiger partial charge in [-0.05, 0) is 75.1 Å². The van der Waals surface area contributed by atoms with Crippen LogP contribution in [0.4, 0.5) is 5.82 Å². The van der Waals surface area contributed by atoms with Crippen LogP contribution in [-0.4, -0.2) is 95.7 Å². The number of carbonyl (C=O) groups excluding carboxylic acids is 3. The Kier molecular flexibility index (Phi) is 10.9. The number of carboxylic acids is 1. The average molecular weight is 655 g/mol. The monoisotopic (exact) mass is 654 g/mol. The van der Waals surface area contributed by atoms with Crippen LogP contribution in [0.15, 0.2) is 47.4 Å². The lowest BCUT2D eigenvalue weighted by molar-refractivity contribution is -0.142. The topological polar surface area (TPSA) is 178 Å². The summed E-state index contributed by atoms with van der Waals surface area (Å²) in [5.41, 5.74) is 2.19. The maximum absolute atomic E-state index is 13.1. The van der Waals surface area contributed by atoms with E-state index in [2.05, 4.69) is 27.0 Å². The number of rotatable bonds is 13. The van der Waals surface area contributed by atoms with E-state index in [9.17, 15) is 32.7 Å². The summed E-state index contributed by atoms with van der Waals surface area (Å²) < 4.78 is 27.3. The molecule has 0 aliphatic carbocycles. The normalized spacial score (nSPS) is 20.4. The molecule has 4 N–H and O–H groups in total. The summed E-state index contributed by atoms with van der Waals surface area (Å²) >= 11 is 0. The van der Waals surface area contributed by atoms with Gasteiger partial charge >= 0.3 is 5.97 Å². The number of carboxylic acid groups (broad SMARTS) is 1. The number of pyridine rings is 1. The third-order valence-electron chi connectivity index (χ3n) is 8.81. The summed E-state index contributed by atoms with van der Waals surface area (Å²) in [5, 5.41) is 18.4. The third kappa shape index (κ3) is 8.21. The van der Waals surface area contributed by atoms with Crippen LogP contribution in [0.1, 0.15) is 62.6 Å². The van der Waals surface area contributed by atoms with E-state index in [1.807, 2.05) is 6.07 Å². The molecule has 0 saturated carbocycles. The lowest BCUT2D eigenvalue weighted by Gasteiger charge is -2.25. The quantitative estimate of drug-likeness (QED) is 0.250. The number of aromatic nitrogens is 1. The summed E-state index contributed by atoms with van der Waals surface area (Å²) in [7, 11) is -3.93. The highest BCUT2D eigenvalue weighted by atomic mass is 32.2. The van der Waals surface area contributed by atoms with Crippen molar-refractivity contribution in [3.05, 3.63) is 53.7 Å². The largest absolute Gasteiger partial charge is 0.480 e. The van der Waals surface area contributed by atoms with Crippen LogP contribution in [-0.2, 0) is 42.0 Å². The Bertz CT molecular complexity index is 1540. The van der Waals surface area contributed by atoms with Gasteiger partial charge in [0.05, 0.1) is 4.90 Å².